The van der Waals surface area contributed by atoms with Crippen LogP contribution in [0.15, 0.2) is 34.7 Å². The van der Waals surface area contributed by atoms with Gasteiger partial charge in [0.25, 0.3) is 0 Å². The van der Waals surface area contributed by atoms with E-state index in [1.165, 1.54) is 7.11 Å². The number of methoxy groups -OCH3 is 1. The predicted octanol–water partition coefficient (Wildman–Crippen LogP) is 1.88. The van der Waals surface area contributed by atoms with Gasteiger partial charge in [-0.1, -0.05) is 18.2 Å². The van der Waals surface area contributed by atoms with Crippen LogP contribution in [-0.2, 0) is 6.42 Å². The molecule has 1 N–H and O–H groups in total. The number of aliphatic hydroxyl groups is 1. The lowest BCUT2D eigenvalue weighted by molar-refractivity contribution is 0.282. The topological polar surface area (TPSA) is 55.5 Å². The van der Waals surface area contributed by atoms with E-state index < -0.39 is 0 Å². The first-order valence-electron chi connectivity index (χ1n) is 5.05. The highest BCUT2D eigenvalue weighted by molar-refractivity contribution is 5.53. The lowest BCUT2D eigenvalue weighted by atomic mass is 10.2. The maximum Gasteiger partial charge on any atom is 0.308 e. The zero-order chi connectivity index (χ0) is 11.4. The molecular formula is C12H13NO3. The van der Waals surface area contributed by atoms with Crippen molar-refractivity contribution in [1.82, 2.24) is 4.98 Å². The van der Waals surface area contributed by atoms with Crippen molar-refractivity contribution in [2.45, 2.75) is 6.42 Å². The molecule has 4 nitrogen and oxygen atoms in total. The van der Waals surface area contributed by atoms with E-state index in [9.17, 15) is 0 Å². The molecule has 0 saturated carbocycles. The average molecular weight is 219 g/mol. The molecule has 84 valence electrons. The highest BCUT2D eigenvalue weighted by Crippen LogP contribution is 2.27. The second-order valence-corrected chi connectivity index (χ2v) is 3.30. The van der Waals surface area contributed by atoms with Gasteiger partial charge < -0.3 is 14.3 Å². The second-order valence-electron chi connectivity index (χ2n) is 3.30. The van der Waals surface area contributed by atoms with Crippen LogP contribution in [0, 0.1) is 0 Å². The summed E-state index contributed by atoms with van der Waals surface area (Å²) in [5.74, 6) is 0.883. The number of nitrogens with zero attached hydrogens (tertiary/aromatic N) is 1. The number of ether oxygens (including phenoxy) is 1. The zero-order valence-corrected chi connectivity index (χ0v) is 9.01. The van der Waals surface area contributed by atoms with E-state index in [0.717, 1.165) is 5.56 Å². The fourth-order valence-electron chi connectivity index (χ4n) is 1.47. The molecule has 1 aromatic heterocycles. The van der Waals surface area contributed by atoms with Gasteiger partial charge in [0.15, 0.2) is 0 Å². The molecule has 0 radical (unpaired) electrons. The molecule has 2 rings (SSSR count). The Morgan fingerprint density at radius 3 is 2.69 bits per heavy atom. The molecule has 0 atom stereocenters. The number of aromatic nitrogens is 1. The van der Waals surface area contributed by atoms with Crippen molar-refractivity contribution < 1.29 is 14.3 Å². The summed E-state index contributed by atoms with van der Waals surface area (Å²) in [6, 6.07) is 9.58. The lowest BCUT2D eigenvalue weighted by Gasteiger charge is -1.94. The minimum absolute atomic E-state index is 0.0249. The number of rotatable bonds is 4. The van der Waals surface area contributed by atoms with Gasteiger partial charge in [-0.05, 0) is 12.1 Å². The van der Waals surface area contributed by atoms with E-state index in [1.54, 1.807) is 0 Å². The molecule has 0 aliphatic rings. The largest absolute Gasteiger partial charge is 0.467 e. The molecule has 0 spiro atoms. The van der Waals surface area contributed by atoms with E-state index in [2.05, 4.69) is 4.98 Å². The third-order valence-corrected chi connectivity index (χ3v) is 2.22. The fourth-order valence-corrected chi connectivity index (χ4v) is 1.47. The average Bonchev–Trinajstić information content (AvgIpc) is 2.74. The van der Waals surface area contributed by atoms with Crippen LogP contribution in [0.1, 0.15) is 5.69 Å². The van der Waals surface area contributed by atoms with Crippen LogP contribution in [0.4, 0.5) is 0 Å². The Hall–Kier alpha value is -1.81. The number of hydrogen-bond donors (Lipinski definition) is 1. The quantitative estimate of drug-likeness (QED) is 0.853. The maximum absolute atomic E-state index is 8.88. The molecule has 16 heavy (non-hydrogen) atoms. The molecule has 1 heterocycles. The van der Waals surface area contributed by atoms with E-state index in [1.807, 2.05) is 30.3 Å². The van der Waals surface area contributed by atoms with Gasteiger partial charge in [-0.2, -0.15) is 0 Å². The molecule has 0 fully saturated rings. The van der Waals surface area contributed by atoms with Gasteiger partial charge in [-0.15, -0.1) is 0 Å². The van der Waals surface area contributed by atoms with Crippen molar-refractivity contribution >= 4 is 0 Å². The molecule has 0 amide bonds. The first-order valence-corrected chi connectivity index (χ1v) is 5.05. The number of benzene rings is 1. The van der Waals surface area contributed by atoms with Crippen LogP contribution in [0.25, 0.3) is 11.5 Å². The Morgan fingerprint density at radius 1 is 1.31 bits per heavy atom. The Kier molecular flexibility index (Phi) is 3.22. The van der Waals surface area contributed by atoms with Crippen molar-refractivity contribution in [2.24, 2.45) is 0 Å². The lowest BCUT2D eigenvalue weighted by Crippen LogP contribution is -1.94. The molecule has 0 unspecified atom stereocenters. The van der Waals surface area contributed by atoms with Gasteiger partial charge in [0.1, 0.15) is 5.69 Å². The summed E-state index contributed by atoms with van der Waals surface area (Å²) in [6.45, 7) is 0.0249. The van der Waals surface area contributed by atoms with Crippen LogP contribution in [0.2, 0.25) is 0 Å². The first kappa shape index (κ1) is 10.7. The Balaban J connectivity index is 2.36. The predicted molar refractivity (Wildman–Crippen MR) is 59.3 cm³/mol. The zero-order valence-electron chi connectivity index (χ0n) is 9.01. The Morgan fingerprint density at radius 2 is 2.06 bits per heavy atom. The van der Waals surface area contributed by atoms with Gasteiger partial charge >= 0.3 is 5.95 Å². The molecule has 0 aliphatic carbocycles. The summed E-state index contributed by atoms with van der Waals surface area (Å²) in [5.41, 5.74) is 1.54. The van der Waals surface area contributed by atoms with Gasteiger partial charge in [0.2, 0.25) is 5.89 Å². The van der Waals surface area contributed by atoms with Gasteiger partial charge in [0.05, 0.1) is 7.11 Å². The summed E-state index contributed by atoms with van der Waals surface area (Å²) in [4.78, 5) is 4.29. The SMILES string of the molecule is COc1oc(-c2ccccc2)nc1CCO. The van der Waals surface area contributed by atoms with E-state index in [-0.39, 0.29) is 6.61 Å². The summed E-state index contributed by atoms with van der Waals surface area (Å²) < 4.78 is 10.5. The minimum atomic E-state index is 0.0249. The number of aliphatic hydroxyl groups excluding tert-OH is 1. The van der Waals surface area contributed by atoms with Gasteiger partial charge in [0, 0.05) is 18.6 Å². The molecule has 2 aromatic rings. The summed E-state index contributed by atoms with van der Waals surface area (Å²) in [5, 5.41) is 8.88. The number of hydrogen-bond acceptors (Lipinski definition) is 4. The van der Waals surface area contributed by atoms with Crippen LogP contribution in [0.5, 0.6) is 5.95 Å². The minimum Gasteiger partial charge on any atom is -0.467 e. The van der Waals surface area contributed by atoms with Gasteiger partial charge in [-0.25, -0.2) is 4.98 Å². The van der Waals surface area contributed by atoms with Crippen molar-refractivity contribution in [3.63, 3.8) is 0 Å². The normalized spacial score (nSPS) is 10.4. The van der Waals surface area contributed by atoms with Crippen molar-refractivity contribution in [2.75, 3.05) is 13.7 Å². The Labute approximate surface area is 93.5 Å². The van der Waals surface area contributed by atoms with Crippen LogP contribution in [0.3, 0.4) is 0 Å². The van der Waals surface area contributed by atoms with E-state index in [0.29, 0.717) is 24.0 Å². The van der Waals surface area contributed by atoms with Crippen LogP contribution >= 0.6 is 0 Å². The highest BCUT2D eigenvalue weighted by atomic mass is 16.6. The third-order valence-electron chi connectivity index (χ3n) is 2.22. The molecule has 0 bridgehead atoms. The Bertz CT molecular complexity index is 451. The maximum atomic E-state index is 8.88. The molecule has 0 saturated heterocycles. The smallest absolute Gasteiger partial charge is 0.308 e. The van der Waals surface area contributed by atoms with E-state index >= 15 is 0 Å². The second kappa shape index (κ2) is 4.81. The van der Waals surface area contributed by atoms with Crippen molar-refractivity contribution in [1.29, 1.82) is 0 Å². The standard InChI is InChI=1S/C12H13NO3/c1-15-12-10(7-8-14)13-11(16-12)9-5-3-2-4-6-9/h2-6,14H,7-8H2,1H3. The van der Waals surface area contributed by atoms with Crippen LogP contribution < -0.4 is 4.74 Å². The van der Waals surface area contributed by atoms with Gasteiger partial charge in [-0.3, -0.25) is 0 Å². The molecular weight excluding hydrogens is 206 g/mol. The monoisotopic (exact) mass is 219 g/mol. The fraction of sp³-hybridized carbons (Fsp3) is 0.250. The van der Waals surface area contributed by atoms with Crippen molar-refractivity contribution in [3.05, 3.63) is 36.0 Å². The van der Waals surface area contributed by atoms with Crippen molar-refractivity contribution in [3.8, 4) is 17.4 Å². The third kappa shape index (κ3) is 2.06. The van der Waals surface area contributed by atoms with E-state index in [4.69, 9.17) is 14.3 Å². The molecule has 1 aromatic carbocycles. The highest BCUT2D eigenvalue weighted by Gasteiger charge is 2.14. The summed E-state index contributed by atoms with van der Waals surface area (Å²) in [6.07, 6.45) is 0.430. The van der Waals surface area contributed by atoms with Crippen LogP contribution in [-0.4, -0.2) is 23.8 Å². The molecule has 4 heteroatoms. The molecule has 0 aliphatic heterocycles. The first-order chi connectivity index (χ1) is 7.85. The summed E-state index contributed by atoms with van der Waals surface area (Å²) in [7, 11) is 1.52. The number of oxazole rings is 1. The summed E-state index contributed by atoms with van der Waals surface area (Å²) >= 11 is 0.